The number of halogens is 1. The van der Waals surface area contributed by atoms with Gasteiger partial charge in [0.1, 0.15) is 10.7 Å². The number of nitrogens with one attached hydrogen (secondary N) is 2. The second-order valence-corrected chi connectivity index (χ2v) is 11.3. The lowest BCUT2D eigenvalue weighted by Gasteiger charge is -2.26. The molecule has 0 bridgehead atoms. The summed E-state index contributed by atoms with van der Waals surface area (Å²) in [6.07, 6.45) is 2.06. The van der Waals surface area contributed by atoms with Crippen LogP contribution in [0.15, 0.2) is 77.8 Å². The molecule has 0 radical (unpaired) electrons. The van der Waals surface area contributed by atoms with E-state index in [0.717, 1.165) is 25.2 Å². The minimum atomic E-state index is -3.74. The number of carbonyl (C=O) groups is 2. The van der Waals surface area contributed by atoms with Crippen LogP contribution in [0.2, 0.25) is 0 Å². The Morgan fingerprint density at radius 3 is 2.40 bits per heavy atom. The number of aromatic nitrogens is 1. The maximum absolute atomic E-state index is 13.3. The predicted octanol–water partition coefficient (Wildman–Crippen LogP) is 2.37. The van der Waals surface area contributed by atoms with E-state index in [1.807, 2.05) is 30.3 Å². The fourth-order valence-electron chi connectivity index (χ4n) is 4.33. The number of morpholine rings is 1. The number of ether oxygens (including phenoxy) is 1. The van der Waals surface area contributed by atoms with Crippen molar-refractivity contribution in [2.45, 2.75) is 30.2 Å². The number of hydrogen-bond acceptors (Lipinski definition) is 7. The van der Waals surface area contributed by atoms with E-state index >= 15 is 0 Å². The van der Waals surface area contributed by atoms with Crippen LogP contribution in [0, 0.1) is 5.82 Å². The number of rotatable bonds is 13. The summed E-state index contributed by atoms with van der Waals surface area (Å²) in [7, 11) is -3.74. The van der Waals surface area contributed by atoms with Crippen LogP contribution in [0.4, 0.5) is 4.39 Å². The summed E-state index contributed by atoms with van der Waals surface area (Å²) in [5.74, 6) is -1.25. The Hall–Kier alpha value is -3.51. The first-order valence-electron chi connectivity index (χ1n) is 13.2. The molecule has 3 aromatic rings. The first-order valence-corrected chi connectivity index (χ1v) is 14.7. The molecule has 11 heteroatoms. The number of pyridine rings is 1. The third kappa shape index (κ3) is 8.75. The molecule has 0 spiro atoms. The van der Waals surface area contributed by atoms with Crippen LogP contribution >= 0.6 is 0 Å². The topological polar surface area (TPSA) is 118 Å². The zero-order valence-corrected chi connectivity index (χ0v) is 22.9. The van der Waals surface area contributed by atoms with E-state index in [4.69, 9.17) is 4.74 Å². The number of hydrogen-bond donors (Lipinski definition) is 2. The van der Waals surface area contributed by atoms with E-state index in [1.54, 1.807) is 0 Å². The number of nitrogens with zero attached hydrogens (tertiary/aromatic N) is 2. The second kappa shape index (κ2) is 14.2. The second-order valence-electron chi connectivity index (χ2n) is 9.56. The zero-order valence-electron chi connectivity index (χ0n) is 22.1. The normalized spacial score (nSPS) is 14.9. The fourth-order valence-corrected chi connectivity index (χ4v) is 5.35. The molecular formula is C29H33FN4O5S. The Morgan fingerprint density at radius 2 is 1.73 bits per heavy atom. The summed E-state index contributed by atoms with van der Waals surface area (Å²) in [6, 6.07) is 16.4. The number of Topliss-reactive ketones (excluding diaryl/α,β-unsaturated/α-hetero) is 1. The van der Waals surface area contributed by atoms with Gasteiger partial charge in [-0.3, -0.25) is 19.5 Å². The molecule has 1 atom stereocenters. The highest BCUT2D eigenvalue weighted by Crippen LogP contribution is 2.12. The molecule has 0 saturated carbocycles. The zero-order chi connectivity index (χ0) is 28.4. The van der Waals surface area contributed by atoms with E-state index in [9.17, 15) is 22.4 Å². The molecule has 2 aromatic carbocycles. The molecule has 1 amide bonds. The largest absolute Gasteiger partial charge is 0.379 e. The summed E-state index contributed by atoms with van der Waals surface area (Å²) in [5, 5.41) is 2.75. The highest BCUT2D eigenvalue weighted by Gasteiger charge is 2.23. The lowest BCUT2D eigenvalue weighted by Crippen LogP contribution is -2.43. The summed E-state index contributed by atoms with van der Waals surface area (Å²) >= 11 is 0. The molecule has 2 N–H and O–H groups in total. The van der Waals surface area contributed by atoms with Gasteiger partial charge in [0.2, 0.25) is 10.0 Å². The molecule has 40 heavy (non-hydrogen) atoms. The number of amides is 1. The van der Waals surface area contributed by atoms with Crippen molar-refractivity contribution < 1.29 is 27.1 Å². The Morgan fingerprint density at radius 1 is 1.00 bits per heavy atom. The van der Waals surface area contributed by atoms with Gasteiger partial charge in [-0.25, -0.2) is 17.5 Å². The molecule has 2 heterocycles. The molecule has 1 fully saturated rings. The van der Waals surface area contributed by atoms with E-state index in [0.29, 0.717) is 31.9 Å². The van der Waals surface area contributed by atoms with E-state index in [1.165, 1.54) is 42.6 Å². The minimum Gasteiger partial charge on any atom is -0.379 e. The van der Waals surface area contributed by atoms with Crippen molar-refractivity contribution in [3.63, 3.8) is 0 Å². The molecule has 4 rings (SSSR count). The van der Waals surface area contributed by atoms with Gasteiger partial charge in [0.05, 0.1) is 25.7 Å². The van der Waals surface area contributed by atoms with Crippen molar-refractivity contribution in [3.8, 4) is 0 Å². The lowest BCUT2D eigenvalue weighted by molar-refractivity contribution is -0.120. The summed E-state index contributed by atoms with van der Waals surface area (Å²) in [5.41, 5.74) is 1.47. The minimum absolute atomic E-state index is 0.0144. The molecule has 1 aromatic heterocycles. The molecule has 0 unspecified atom stereocenters. The molecule has 212 valence electrons. The molecule has 1 aliphatic rings. The van der Waals surface area contributed by atoms with Crippen molar-refractivity contribution >= 4 is 21.7 Å². The Bertz CT molecular complexity index is 1360. The van der Waals surface area contributed by atoms with E-state index in [-0.39, 0.29) is 29.1 Å². The van der Waals surface area contributed by atoms with Crippen LogP contribution in [0.5, 0.6) is 0 Å². The first-order chi connectivity index (χ1) is 19.3. The molecule has 1 aliphatic heterocycles. The predicted molar refractivity (Wildman–Crippen MR) is 148 cm³/mol. The summed E-state index contributed by atoms with van der Waals surface area (Å²) in [6.45, 7) is 4.17. The summed E-state index contributed by atoms with van der Waals surface area (Å²) in [4.78, 5) is 32.5. The van der Waals surface area contributed by atoms with Gasteiger partial charge in [0.15, 0.2) is 5.78 Å². The number of carbonyl (C=O) groups excluding carboxylic acids is 2. The maximum atomic E-state index is 13.3. The summed E-state index contributed by atoms with van der Waals surface area (Å²) < 4.78 is 46.6. The van der Waals surface area contributed by atoms with Gasteiger partial charge >= 0.3 is 0 Å². The van der Waals surface area contributed by atoms with Crippen LogP contribution in [0.3, 0.4) is 0 Å². The fraction of sp³-hybridized carbons (Fsp3) is 0.345. The average Bonchev–Trinajstić information content (AvgIpc) is 2.97. The number of ketones is 1. The van der Waals surface area contributed by atoms with Gasteiger partial charge in [0.25, 0.3) is 5.91 Å². The van der Waals surface area contributed by atoms with E-state index in [2.05, 4.69) is 19.9 Å². The maximum Gasteiger partial charge on any atom is 0.251 e. The van der Waals surface area contributed by atoms with Crippen LogP contribution in [-0.4, -0.2) is 75.4 Å². The van der Waals surface area contributed by atoms with Gasteiger partial charge in [-0.2, -0.15) is 0 Å². The molecular weight excluding hydrogens is 535 g/mol. The van der Waals surface area contributed by atoms with Gasteiger partial charge < -0.3 is 10.1 Å². The van der Waals surface area contributed by atoms with Crippen LogP contribution < -0.4 is 10.0 Å². The van der Waals surface area contributed by atoms with Crippen molar-refractivity contribution in [2.24, 2.45) is 0 Å². The van der Waals surface area contributed by atoms with Crippen molar-refractivity contribution in [3.05, 3.63) is 95.6 Å². The Kier molecular flexibility index (Phi) is 10.5. The van der Waals surface area contributed by atoms with Crippen LogP contribution in [-0.2, 0) is 32.4 Å². The number of benzene rings is 2. The third-order valence-electron chi connectivity index (χ3n) is 6.59. The molecule has 1 saturated heterocycles. The van der Waals surface area contributed by atoms with Crippen molar-refractivity contribution in [1.29, 1.82) is 0 Å². The van der Waals surface area contributed by atoms with Gasteiger partial charge in [-0.1, -0.05) is 30.3 Å². The van der Waals surface area contributed by atoms with Crippen LogP contribution in [0.25, 0.3) is 0 Å². The van der Waals surface area contributed by atoms with Crippen molar-refractivity contribution in [1.82, 2.24) is 19.9 Å². The van der Waals surface area contributed by atoms with Gasteiger partial charge in [0, 0.05) is 37.1 Å². The Labute approximate surface area is 233 Å². The standard InChI is InChI=1S/C29H33FN4O5S/c30-24-9-7-23(8-10-24)29(36)33-27(19-22-5-2-1-3-6-22)28(35)20-25-11-12-26(21-31-25)40(37,38)32-13-4-14-34-15-17-39-18-16-34/h1-3,5-12,21,27,32H,4,13-20H2,(H,33,36)/t27-/m0/s1. The molecule has 9 nitrogen and oxygen atoms in total. The monoisotopic (exact) mass is 568 g/mol. The molecule has 0 aliphatic carbocycles. The SMILES string of the molecule is O=C(N[C@@H](Cc1ccccc1)C(=O)Cc1ccc(S(=O)(=O)NCCCN2CCOCC2)cn1)c1ccc(F)cc1. The average molecular weight is 569 g/mol. The highest BCUT2D eigenvalue weighted by atomic mass is 32.2. The van der Waals surface area contributed by atoms with Crippen LogP contribution in [0.1, 0.15) is 28.0 Å². The van der Waals surface area contributed by atoms with Gasteiger partial charge in [-0.15, -0.1) is 0 Å². The third-order valence-corrected chi connectivity index (χ3v) is 8.04. The smallest absolute Gasteiger partial charge is 0.251 e. The number of sulfonamides is 1. The first kappa shape index (κ1) is 29.5. The van der Waals surface area contributed by atoms with Gasteiger partial charge in [-0.05, 0) is 61.3 Å². The lowest BCUT2D eigenvalue weighted by atomic mass is 9.99. The Balaban J connectivity index is 1.36. The van der Waals surface area contributed by atoms with Crippen molar-refractivity contribution in [2.75, 3.05) is 39.4 Å². The quantitative estimate of drug-likeness (QED) is 0.304. The van der Waals surface area contributed by atoms with E-state index < -0.39 is 27.8 Å². The highest BCUT2D eigenvalue weighted by molar-refractivity contribution is 7.89.